The molecule has 0 saturated heterocycles. The molecule has 0 bridgehead atoms. The van der Waals surface area contributed by atoms with Crippen molar-refractivity contribution >= 4 is 9.12 Å². The predicted molar refractivity (Wildman–Crippen MR) is 95.5 cm³/mol. The fraction of sp³-hybridized carbons (Fsp3) is 0.882. The van der Waals surface area contributed by atoms with Crippen LogP contribution in [0.5, 0.6) is 0 Å². The van der Waals surface area contributed by atoms with E-state index in [9.17, 15) is 0 Å². The van der Waals surface area contributed by atoms with E-state index < -0.39 is 9.12 Å². The molecule has 20 heavy (non-hydrogen) atoms. The second kappa shape index (κ2) is 13.8. The van der Waals surface area contributed by atoms with Crippen LogP contribution in [0.3, 0.4) is 0 Å². The molecule has 0 aromatic rings. The summed E-state index contributed by atoms with van der Waals surface area (Å²) in [5.74, 6) is 0. The third-order valence-electron chi connectivity index (χ3n) is 3.73. The van der Waals surface area contributed by atoms with Gasteiger partial charge in [-0.25, -0.2) is 0 Å². The Morgan fingerprint density at radius 1 is 0.700 bits per heavy atom. The average Bonchev–Trinajstić information content (AvgIpc) is 2.46. The lowest BCUT2D eigenvalue weighted by Gasteiger charge is -2.37. The van der Waals surface area contributed by atoms with Crippen LogP contribution in [0.1, 0.15) is 73.1 Å². The van der Waals surface area contributed by atoms with Gasteiger partial charge in [0.05, 0.1) is 0 Å². The molecule has 120 valence electrons. The van der Waals surface area contributed by atoms with Crippen molar-refractivity contribution in [2.45, 2.75) is 73.1 Å². The summed E-state index contributed by atoms with van der Waals surface area (Å²) in [6.45, 7) is 16.5. The molecule has 0 fully saturated rings. The van der Waals surface area contributed by atoms with Gasteiger partial charge < -0.3 is 9.13 Å². The molecule has 0 aromatic carbocycles. The van der Waals surface area contributed by atoms with E-state index in [0.717, 1.165) is 0 Å². The monoisotopic (exact) mass is 298 g/mol. The Labute approximate surface area is 130 Å². The quantitative estimate of drug-likeness (QED) is 0.467. The zero-order valence-corrected chi connectivity index (χ0v) is 15.9. The first-order valence-electron chi connectivity index (χ1n) is 8.85. The number of unbranched alkanes of at least 4 members (excludes halogenated alkanes) is 2. The molecule has 0 N–H and O–H groups in total. The van der Waals surface area contributed by atoms with E-state index in [-0.39, 0.29) is 0 Å². The maximum atomic E-state index is 2.81. The summed E-state index contributed by atoms with van der Waals surface area (Å²) >= 11 is 0. The summed E-state index contributed by atoms with van der Waals surface area (Å²) < 4.78 is 5.63. The van der Waals surface area contributed by atoms with Gasteiger partial charge in [-0.15, -0.1) is 0 Å². The summed E-state index contributed by atoms with van der Waals surface area (Å²) in [4.78, 5) is 0. The molecular weight excluding hydrogens is 260 g/mol. The Kier molecular flexibility index (Phi) is 13.8. The summed E-state index contributed by atoms with van der Waals surface area (Å²) in [5.41, 5.74) is 2.54. The second-order valence-electron chi connectivity index (χ2n) is 5.72. The van der Waals surface area contributed by atoms with Crippen molar-refractivity contribution in [2.24, 2.45) is 0 Å². The molecule has 0 unspecified atom stereocenters. The van der Waals surface area contributed by atoms with Crippen LogP contribution in [0.15, 0.2) is 11.8 Å². The number of allylic oxidation sites excluding steroid dienone is 1. The first-order valence-corrected chi connectivity index (χ1v) is 10.6. The van der Waals surface area contributed by atoms with Crippen molar-refractivity contribution in [3.05, 3.63) is 11.8 Å². The maximum Gasteiger partial charge on any atom is 0.215 e. The van der Waals surface area contributed by atoms with Crippen molar-refractivity contribution in [3.8, 4) is 0 Å². The molecule has 0 aliphatic heterocycles. The third-order valence-corrected chi connectivity index (χ3v) is 6.99. The van der Waals surface area contributed by atoms with E-state index in [1.54, 1.807) is 0 Å². The lowest BCUT2D eigenvalue weighted by molar-refractivity contribution is 0.339. The Balaban J connectivity index is 4.86. The molecule has 0 heterocycles. The van der Waals surface area contributed by atoms with Crippen molar-refractivity contribution in [1.82, 2.24) is 9.13 Å². The minimum absolute atomic E-state index is 1.08. The maximum absolute atomic E-state index is 2.81. The first kappa shape index (κ1) is 19.9. The van der Waals surface area contributed by atoms with Crippen LogP contribution in [0.2, 0.25) is 0 Å². The fourth-order valence-corrected chi connectivity index (χ4v) is 5.93. The largest absolute Gasteiger partial charge is 0.311 e. The van der Waals surface area contributed by atoms with E-state index in [4.69, 9.17) is 0 Å². The highest BCUT2D eigenvalue weighted by Crippen LogP contribution is 2.10. The van der Waals surface area contributed by atoms with E-state index >= 15 is 0 Å². The second-order valence-corrected chi connectivity index (χ2v) is 8.39. The van der Waals surface area contributed by atoms with Gasteiger partial charge in [0.15, 0.2) is 0 Å². The van der Waals surface area contributed by atoms with E-state index in [1.807, 2.05) is 0 Å². The van der Waals surface area contributed by atoms with Gasteiger partial charge >= 0.3 is 0 Å². The van der Waals surface area contributed by atoms with Gasteiger partial charge in [0, 0.05) is 0 Å². The Hall–Kier alpha value is -0.123. The molecule has 0 aliphatic carbocycles. The van der Waals surface area contributed by atoms with Gasteiger partial charge in [0.25, 0.3) is 0 Å². The zero-order chi connectivity index (χ0) is 15.2. The topological polar surface area (TPSA) is 6.48 Å². The molecule has 0 amide bonds. The fourth-order valence-electron chi connectivity index (χ4n) is 2.70. The lowest BCUT2D eigenvalue weighted by Crippen LogP contribution is -2.53. The molecule has 3 heteroatoms. The smallest absolute Gasteiger partial charge is 0.215 e. The normalized spacial score (nSPS) is 12.4. The third kappa shape index (κ3) is 8.23. The molecule has 0 saturated carbocycles. The number of nitrogens with zero attached hydrogens (tertiary/aromatic N) is 2. The molecule has 0 rings (SSSR count). The molecule has 0 aliphatic rings. The Bertz CT molecular complexity index is 213. The van der Waals surface area contributed by atoms with Crippen LogP contribution in [0.25, 0.3) is 0 Å². The van der Waals surface area contributed by atoms with Crippen LogP contribution in [0, 0.1) is 0 Å². The molecule has 0 aromatic heterocycles. The van der Waals surface area contributed by atoms with Crippen molar-refractivity contribution in [2.75, 3.05) is 26.2 Å². The Morgan fingerprint density at radius 3 is 1.45 bits per heavy atom. The first-order chi connectivity index (χ1) is 9.74. The van der Waals surface area contributed by atoms with Crippen LogP contribution >= 0.6 is 0 Å². The van der Waals surface area contributed by atoms with Gasteiger partial charge in [-0.05, 0) is 58.8 Å². The minimum atomic E-state index is -1.08. The van der Waals surface area contributed by atoms with Crippen molar-refractivity contribution in [3.63, 3.8) is 0 Å². The van der Waals surface area contributed by atoms with Gasteiger partial charge in [0.1, 0.15) is 0 Å². The highest BCUT2D eigenvalue weighted by molar-refractivity contribution is 6.58. The molecule has 2 nitrogen and oxygen atoms in total. The van der Waals surface area contributed by atoms with Gasteiger partial charge in [0.2, 0.25) is 9.12 Å². The minimum Gasteiger partial charge on any atom is -0.311 e. The van der Waals surface area contributed by atoms with Crippen molar-refractivity contribution in [1.29, 1.82) is 0 Å². The molecule has 0 atom stereocenters. The SMILES string of the molecule is CC=C[SiH](N(CCC)CCCC)N(CCC)CCCC. The van der Waals surface area contributed by atoms with Crippen LogP contribution in [-0.2, 0) is 0 Å². The van der Waals surface area contributed by atoms with E-state index in [1.165, 1.54) is 64.7 Å². The highest BCUT2D eigenvalue weighted by atomic mass is 28.3. The van der Waals surface area contributed by atoms with Crippen molar-refractivity contribution < 1.29 is 0 Å². The van der Waals surface area contributed by atoms with E-state index in [2.05, 4.69) is 55.5 Å². The summed E-state index contributed by atoms with van der Waals surface area (Å²) in [5, 5.41) is 0. The summed E-state index contributed by atoms with van der Waals surface area (Å²) in [6.07, 6.45) is 10.1. The number of hydrogen-bond donors (Lipinski definition) is 0. The van der Waals surface area contributed by atoms with Crippen LogP contribution in [0.4, 0.5) is 0 Å². The number of rotatable bonds is 13. The number of hydrogen-bond acceptors (Lipinski definition) is 2. The average molecular weight is 299 g/mol. The lowest BCUT2D eigenvalue weighted by atomic mass is 10.3. The van der Waals surface area contributed by atoms with E-state index in [0.29, 0.717) is 0 Å². The predicted octanol–water partition coefficient (Wildman–Crippen LogP) is 4.35. The Morgan fingerprint density at radius 2 is 1.15 bits per heavy atom. The van der Waals surface area contributed by atoms with Gasteiger partial charge in [-0.3, -0.25) is 0 Å². The molecule has 0 radical (unpaired) electrons. The van der Waals surface area contributed by atoms with Gasteiger partial charge in [-0.1, -0.05) is 52.3 Å². The standard InChI is InChI=1S/C17H38N2Si/c1-6-11-15-18(13-8-3)20(17-10-5)19(14-9-4)16-12-7-2/h10,17,20H,6-9,11-16H2,1-5H3. The van der Waals surface area contributed by atoms with Crippen LogP contribution < -0.4 is 0 Å². The van der Waals surface area contributed by atoms with Gasteiger partial charge in [-0.2, -0.15) is 0 Å². The summed E-state index contributed by atoms with van der Waals surface area (Å²) in [6, 6.07) is 0. The highest BCUT2D eigenvalue weighted by Gasteiger charge is 2.23. The summed E-state index contributed by atoms with van der Waals surface area (Å²) in [7, 11) is -1.08. The molecule has 0 spiro atoms. The van der Waals surface area contributed by atoms with Crippen LogP contribution in [-0.4, -0.2) is 44.4 Å². The molecular formula is C17H38N2Si. The zero-order valence-electron chi connectivity index (χ0n) is 14.7.